The van der Waals surface area contributed by atoms with Gasteiger partial charge < -0.3 is 25.0 Å². The predicted octanol–water partition coefficient (Wildman–Crippen LogP) is 3.91. The maximum Gasteiger partial charge on any atom is 0.407 e. The van der Waals surface area contributed by atoms with Crippen LogP contribution in [0.2, 0.25) is 0 Å². The SMILES string of the molecule is C=C[C@H](I)C(NC(=O)[C@@H]1C[C@@H]2CN1C(=O)[C@@H](CC(F)(F)F)NC(=O)OCCCC/C=C\c1ccc3ccnc(c3c1)O2)C(=O)NS(=O)(=O)C1CC1. The smallest absolute Gasteiger partial charge is 0.407 e. The first-order valence-electron chi connectivity index (χ1n) is 16.3. The van der Waals surface area contributed by atoms with Crippen molar-refractivity contribution in [3.8, 4) is 5.88 Å². The van der Waals surface area contributed by atoms with Gasteiger partial charge in [-0.25, -0.2) is 18.2 Å². The summed E-state index contributed by atoms with van der Waals surface area (Å²) in [4.78, 5) is 58.8. The average molecular weight is 848 g/mol. The summed E-state index contributed by atoms with van der Waals surface area (Å²) >= 11 is 1.78. The molecule has 1 saturated carbocycles. The maximum atomic E-state index is 13.9. The summed E-state index contributed by atoms with van der Waals surface area (Å²) in [7, 11) is -4.01. The highest BCUT2D eigenvalue weighted by Crippen LogP contribution is 2.31. The molecule has 1 aromatic carbocycles. The normalized spacial score (nSPS) is 23.8. The molecule has 2 fully saturated rings. The Morgan fingerprint density at radius 1 is 1.20 bits per heavy atom. The Labute approximate surface area is 305 Å². The van der Waals surface area contributed by atoms with E-state index < -0.39 is 79.8 Å². The molecule has 4 amide bonds. The van der Waals surface area contributed by atoms with Crippen molar-refractivity contribution in [1.82, 2.24) is 25.2 Å². The van der Waals surface area contributed by atoms with Crippen LogP contribution in [0.25, 0.3) is 16.8 Å². The Morgan fingerprint density at radius 3 is 2.67 bits per heavy atom. The Bertz CT molecular complexity index is 1810. The number of rotatable bonds is 8. The van der Waals surface area contributed by atoms with Crippen LogP contribution in [0.1, 0.15) is 50.5 Å². The molecule has 4 bridgehead atoms. The second-order valence-electron chi connectivity index (χ2n) is 12.5. The third kappa shape index (κ3) is 10.1. The van der Waals surface area contributed by atoms with E-state index in [4.69, 9.17) is 9.47 Å². The number of halogens is 4. The molecule has 1 saturated heterocycles. The first kappa shape index (κ1) is 38.3. The summed E-state index contributed by atoms with van der Waals surface area (Å²) in [5.41, 5.74) is 0.841. The molecule has 13 nitrogen and oxygen atoms in total. The van der Waals surface area contributed by atoms with Crippen molar-refractivity contribution < 1.29 is 50.2 Å². The molecule has 2 aliphatic heterocycles. The van der Waals surface area contributed by atoms with Crippen molar-refractivity contribution in [1.29, 1.82) is 0 Å². The van der Waals surface area contributed by atoms with Crippen LogP contribution in [-0.2, 0) is 29.1 Å². The molecule has 1 aliphatic carbocycles. The lowest BCUT2D eigenvalue weighted by atomic mass is 10.1. The number of allylic oxidation sites excluding steroid dienone is 1. The van der Waals surface area contributed by atoms with Crippen molar-refractivity contribution in [2.45, 2.75) is 84.5 Å². The van der Waals surface area contributed by atoms with Gasteiger partial charge >= 0.3 is 12.3 Å². The zero-order chi connectivity index (χ0) is 36.9. The molecule has 3 heterocycles. The molecule has 3 N–H and O–H groups in total. The van der Waals surface area contributed by atoms with E-state index in [2.05, 4.69) is 16.9 Å². The number of alkyl carbamates (subject to hydrolysis) is 1. The Morgan fingerprint density at radius 2 is 1.96 bits per heavy atom. The largest absolute Gasteiger partial charge is 0.472 e. The summed E-state index contributed by atoms with van der Waals surface area (Å²) in [6.45, 7) is 3.13. The average Bonchev–Trinajstić information content (AvgIpc) is 3.86. The first-order chi connectivity index (χ1) is 24.1. The van der Waals surface area contributed by atoms with Gasteiger partial charge in [0.1, 0.15) is 24.2 Å². The number of pyridine rings is 1. The van der Waals surface area contributed by atoms with Gasteiger partial charge in [-0.05, 0) is 55.2 Å². The summed E-state index contributed by atoms with van der Waals surface area (Å²) in [6, 6.07) is 2.25. The second-order valence-corrected chi connectivity index (χ2v) is 15.9. The number of aromatic nitrogens is 1. The van der Waals surface area contributed by atoms with E-state index in [1.807, 2.05) is 40.4 Å². The zero-order valence-electron chi connectivity index (χ0n) is 27.2. The molecular formula is C33H37F3IN5O8S. The quantitative estimate of drug-likeness (QED) is 0.202. The first-order valence-corrected chi connectivity index (χ1v) is 19.1. The molecule has 51 heavy (non-hydrogen) atoms. The standard InChI is InChI=1S/C33H37F3IN5O8S/c1-2-24(37)27(29(44)41-51(47,48)22-10-11-22)40-28(43)26-16-21-18-42(26)31(45)25(17-33(34,35)36)39-32(46)49-14-6-4-3-5-7-19-8-9-20-12-13-38-30(50-21)23(20)15-19/h2,5,7-9,12-13,15,21-22,24-27H,1,3-4,6,10-11,14,16-18H2,(H,39,46)(H,40,43)(H,41,44)/b7-5-/t21-,24+,25-,26+,27?/m1/s1. The van der Waals surface area contributed by atoms with Crippen LogP contribution < -0.4 is 20.1 Å². The molecule has 0 spiro atoms. The zero-order valence-corrected chi connectivity index (χ0v) is 30.2. The fourth-order valence-corrected chi connectivity index (χ4v) is 7.63. The number of cyclic esters (lactones) is 1. The molecule has 18 heteroatoms. The third-order valence-corrected chi connectivity index (χ3v) is 11.6. The summed E-state index contributed by atoms with van der Waals surface area (Å²) in [5.74, 6) is -3.08. The summed E-state index contributed by atoms with van der Waals surface area (Å²) < 4.78 is 78.8. The van der Waals surface area contributed by atoms with E-state index in [0.29, 0.717) is 37.5 Å². The molecular weight excluding hydrogens is 810 g/mol. The molecule has 1 aromatic heterocycles. The molecule has 5 atom stereocenters. The fourth-order valence-electron chi connectivity index (χ4n) is 5.79. The van der Waals surface area contributed by atoms with Crippen molar-refractivity contribution in [3.05, 3.63) is 54.8 Å². The van der Waals surface area contributed by atoms with Crippen molar-refractivity contribution >= 4 is 73.3 Å². The van der Waals surface area contributed by atoms with Crippen LogP contribution in [0, 0.1) is 0 Å². The number of ether oxygens (including phenoxy) is 2. The van der Waals surface area contributed by atoms with E-state index in [9.17, 15) is 40.8 Å². The molecule has 3 aliphatic rings. The van der Waals surface area contributed by atoms with E-state index in [1.54, 1.807) is 28.7 Å². The minimum absolute atomic E-state index is 0.108. The van der Waals surface area contributed by atoms with Gasteiger partial charge in [0.2, 0.25) is 27.7 Å². The lowest BCUT2D eigenvalue weighted by molar-refractivity contribution is -0.155. The molecule has 5 rings (SSSR count). The predicted molar refractivity (Wildman–Crippen MR) is 188 cm³/mol. The van der Waals surface area contributed by atoms with Gasteiger partial charge in [-0.2, -0.15) is 13.2 Å². The summed E-state index contributed by atoms with van der Waals surface area (Å²) in [6.07, 6.45) is -0.0514. The molecule has 2 aromatic rings. The number of benzene rings is 1. The number of nitrogens with zero attached hydrogens (tertiary/aromatic N) is 2. The molecule has 276 valence electrons. The number of sulfonamides is 1. The number of alkyl halides is 4. The molecule has 1 unspecified atom stereocenters. The number of hydrogen-bond acceptors (Lipinski definition) is 9. The van der Waals surface area contributed by atoms with Gasteiger partial charge in [0, 0.05) is 18.0 Å². The number of hydrogen-bond donors (Lipinski definition) is 3. The number of amides is 4. The van der Waals surface area contributed by atoms with Crippen LogP contribution >= 0.6 is 22.6 Å². The van der Waals surface area contributed by atoms with Crippen LogP contribution in [0.3, 0.4) is 0 Å². The Kier molecular flexibility index (Phi) is 12.1. The van der Waals surface area contributed by atoms with Gasteiger partial charge in [-0.15, -0.1) is 6.58 Å². The van der Waals surface area contributed by atoms with Crippen LogP contribution in [0.4, 0.5) is 18.0 Å². The monoisotopic (exact) mass is 847 g/mol. The number of nitrogens with one attached hydrogen (secondary N) is 3. The number of carbonyl (C=O) groups is 4. The lowest BCUT2D eigenvalue weighted by Gasteiger charge is -2.30. The number of fused-ring (bicyclic) bond motifs is 3. The van der Waals surface area contributed by atoms with E-state index in [1.165, 1.54) is 12.3 Å². The lowest BCUT2D eigenvalue weighted by Crippen LogP contribution is -2.58. The minimum atomic E-state index is -4.90. The van der Waals surface area contributed by atoms with Gasteiger partial charge in [0.25, 0.3) is 5.91 Å². The highest BCUT2D eigenvalue weighted by molar-refractivity contribution is 14.1. The topological polar surface area (TPSA) is 173 Å². The third-order valence-electron chi connectivity index (χ3n) is 8.54. The van der Waals surface area contributed by atoms with E-state index in [0.717, 1.165) is 15.8 Å². The molecule has 0 radical (unpaired) electrons. The van der Waals surface area contributed by atoms with Gasteiger partial charge in [-0.1, -0.05) is 53.0 Å². The van der Waals surface area contributed by atoms with E-state index >= 15 is 0 Å². The van der Waals surface area contributed by atoms with Crippen LogP contribution in [-0.4, -0.2) is 94.8 Å². The second kappa shape index (κ2) is 16.2. The van der Waals surface area contributed by atoms with Crippen molar-refractivity contribution in [2.75, 3.05) is 13.2 Å². The van der Waals surface area contributed by atoms with Crippen LogP contribution in [0.5, 0.6) is 5.88 Å². The minimum Gasteiger partial charge on any atom is -0.472 e. The summed E-state index contributed by atoms with van der Waals surface area (Å²) in [5, 5.41) is 5.14. The van der Waals surface area contributed by atoms with Gasteiger partial charge in [0.15, 0.2) is 0 Å². The van der Waals surface area contributed by atoms with Crippen molar-refractivity contribution in [3.63, 3.8) is 0 Å². The fraction of sp³-hybridized carbons (Fsp3) is 0.485. The van der Waals surface area contributed by atoms with E-state index in [-0.39, 0.29) is 25.5 Å². The highest BCUT2D eigenvalue weighted by atomic mass is 127. The maximum absolute atomic E-state index is 13.9. The number of carbonyl (C=O) groups excluding carboxylic acids is 4. The van der Waals surface area contributed by atoms with Crippen molar-refractivity contribution in [2.24, 2.45) is 0 Å². The Balaban J connectivity index is 1.49. The Hall–Kier alpha value is -3.94. The van der Waals surface area contributed by atoms with Gasteiger partial charge in [-0.3, -0.25) is 19.1 Å². The highest BCUT2D eigenvalue weighted by Gasteiger charge is 2.47. The van der Waals surface area contributed by atoms with Gasteiger partial charge in [0.05, 0.1) is 28.7 Å². The van der Waals surface area contributed by atoms with Crippen LogP contribution in [0.15, 0.2) is 49.2 Å².